The van der Waals surface area contributed by atoms with E-state index in [1.54, 1.807) is 0 Å². The van der Waals surface area contributed by atoms with Gasteiger partial charge in [-0.15, -0.1) is 0 Å². The van der Waals surface area contributed by atoms with Crippen molar-refractivity contribution in [1.29, 1.82) is 0 Å². The maximum absolute atomic E-state index is 6.18. The fourth-order valence-corrected chi connectivity index (χ4v) is 2.41. The first-order chi connectivity index (χ1) is 8.63. The van der Waals surface area contributed by atoms with E-state index >= 15 is 0 Å². The number of hydrogen-bond donors (Lipinski definition) is 1. The molecule has 1 rings (SSSR count). The van der Waals surface area contributed by atoms with Gasteiger partial charge in [0.2, 0.25) is 0 Å². The molecule has 1 aliphatic carbocycles. The predicted octanol–water partition coefficient (Wildman–Crippen LogP) is 1.91. The highest BCUT2D eigenvalue weighted by molar-refractivity contribution is 5.78. The molecule has 4 heteroatoms. The van der Waals surface area contributed by atoms with Crippen molar-refractivity contribution in [3.05, 3.63) is 0 Å². The summed E-state index contributed by atoms with van der Waals surface area (Å²) in [5, 5.41) is 0. The Balaban J connectivity index is 2.50. The molecule has 106 valence electrons. The van der Waals surface area contributed by atoms with Gasteiger partial charge in [-0.05, 0) is 33.4 Å². The Morgan fingerprint density at radius 3 is 2.33 bits per heavy atom. The average Bonchev–Trinajstić information content (AvgIpc) is 2.35. The summed E-state index contributed by atoms with van der Waals surface area (Å²) < 4.78 is 0. The molecule has 1 fully saturated rings. The van der Waals surface area contributed by atoms with Gasteiger partial charge in [-0.1, -0.05) is 26.2 Å². The Kier molecular flexibility index (Phi) is 7.09. The van der Waals surface area contributed by atoms with Crippen molar-refractivity contribution in [3.63, 3.8) is 0 Å². The minimum atomic E-state index is 0.470. The molecule has 0 amide bonds. The molecule has 1 aliphatic rings. The molecule has 1 saturated carbocycles. The van der Waals surface area contributed by atoms with Crippen LogP contribution in [0.5, 0.6) is 0 Å². The molecule has 0 aromatic carbocycles. The molecule has 18 heavy (non-hydrogen) atoms. The topological polar surface area (TPSA) is 44.9 Å². The van der Waals surface area contributed by atoms with Crippen LogP contribution in [0.1, 0.15) is 45.4 Å². The Hall–Kier alpha value is -0.770. The minimum absolute atomic E-state index is 0.470. The quantitative estimate of drug-likeness (QED) is 0.582. The van der Waals surface area contributed by atoms with Crippen LogP contribution in [-0.2, 0) is 0 Å². The summed E-state index contributed by atoms with van der Waals surface area (Å²) in [7, 11) is 4.19. The summed E-state index contributed by atoms with van der Waals surface area (Å²) in [4.78, 5) is 9.16. The molecule has 0 aliphatic heterocycles. The van der Waals surface area contributed by atoms with Crippen LogP contribution in [0.2, 0.25) is 0 Å². The SMILES string of the molecule is CCCN(CCN(C)C)C(N)=NC1CCCCC1. The lowest BCUT2D eigenvalue weighted by molar-refractivity contribution is 0.324. The number of likely N-dealkylation sites (N-methyl/N-ethyl adjacent to an activating group) is 1. The minimum Gasteiger partial charge on any atom is -0.370 e. The third kappa shape index (κ3) is 5.71. The zero-order valence-corrected chi connectivity index (χ0v) is 12.4. The smallest absolute Gasteiger partial charge is 0.191 e. The van der Waals surface area contributed by atoms with E-state index in [1.165, 1.54) is 32.1 Å². The Morgan fingerprint density at radius 2 is 1.78 bits per heavy atom. The van der Waals surface area contributed by atoms with Gasteiger partial charge in [0.15, 0.2) is 5.96 Å². The second-order valence-electron chi connectivity index (χ2n) is 5.57. The first kappa shape index (κ1) is 15.3. The lowest BCUT2D eigenvalue weighted by atomic mass is 9.96. The number of nitrogens with zero attached hydrogens (tertiary/aromatic N) is 3. The van der Waals surface area contributed by atoms with E-state index in [1.807, 2.05) is 0 Å². The maximum atomic E-state index is 6.18. The number of rotatable bonds is 6. The monoisotopic (exact) mass is 254 g/mol. The van der Waals surface area contributed by atoms with Gasteiger partial charge in [-0.2, -0.15) is 0 Å². The number of hydrogen-bond acceptors (Lipinski definition) is 2. The van der Waals surface area contributed by atoms with Gasteiger partial charge in [0.25, 0.3) is 0 Å². The predicted molar refractivity (Wildman–Crippen MR) is 78.9 cm³/mol. The molecular weight excluding hydrogens is 224 g/mol. The first-order valence-electron chi connectivity index (χ1n) is 7.36. The van der Waals surface area contributed by atoms with Crippen molar-refractivity contribution in [2.45, 2.75) is 51.5 Å². The van der Waals surface area contributed by atoms with Crippen LogP contribution in [0.3, 0.4) is 0 Å². The summed E-state index contributed by atoms with van der Waals surface area (Å²) >= 11 is 0. The number of nitrogens with two attached hydrogens (primary N) is 1. The van der Waals surface area contributed by atoms with E-state index in [2.05, 4.69) is 30.8 Å². The van der Waals surface area contributed by atoms with Crippen molar-refractivity contribution in [3.8, 4) is 0 Å². The number of guanidine groups is 1. The Labute approximate surface area is 112 Å². The second-order valence-corrected chi connectivity index (χ2v) is 5.57. The first-order valence-corrected chi connectivity index (χ1v) is 7.36. The van der Waals surface area contributed by atoms with Crippen LogP contribution < -0.4 is 5.73 Å². The third-order valence-corrected chi connectivity index (χ3v) is 3.52. The van der Waals surface area contributed by atoms with Gasteiger partial charge in [-0.25, -0.2) is 4.99 Å². The summed E-state index contributed by atoms with van der Waals surface area (Å²) in [5.74, 6) is 0.755. The van der Waals surface area contributed by atoms with Crippen LogP contribution in [0, 0.1) is 0 Å². The Morgan fingerprint density at radius 1 is 1.11 bits per heavy atom. The van der Waals surface area contributed by atoms with Gasteiger partial charge in [0.05, 0.1) is 6.04 Å². The molecule has 4 nitrogen and oxygen atoms in total. The molecule has 0 heterocycles. The highest BCUT2D eigenvalue weighted by Gasteiger charge is 2.14. The standard InChI is InChI=1S/C14H30N4/c1-4-10-18(12-11-17(2)3)14(15)16-13-8-6-5-7-9-13/h13H,4-12H2,1-3H3,(H2,15,16). The summed E-state index contributed by atoms with van der Waals surface area (Å²) in [5.41, 5.74) is 6.18. The normalized spacial score (nSPS) is 18.3. The summed E-state index contributed by atoms with van der Waals surface area (Å²) in [6, 6.07) is 0.470. The van der Waals surface area contributed by atoms with Crippen LogP contribution in [0.15, 0.2) is 4.99 Å². The van der Waals surface area contributed by atoms with Crippen LogP contribution in [-0.4, -0.2) is 55.5 Å². The van der Waals surface area contributed by atoms with E-state index < -0.39 is 0 Å². The maximum Gasteiger partial charge on any atom is 0.191 e. The van der Waals surface area contributed by atoms with Crippen LogP contribution >= 0.6 is 0 Å². The lowest BCUT2D eigenvalue weighted by Gasteiger charge is -2.27. The van der Waals surface area contributed by atoms with Gasteiger partial charge in [-0.3, -0.25) is 0 Å². The fraction of sp³-hybridized carbons (Fsp3) is 0.929. The fourth-order valence-electron chi connectivity index (χ4n) is 2.41. The van der Waals surface area contributed by atoms with E-state index in [0.29, 0.717) is 6.04 Å². The number of aliphatic imine (C=N–C) groups is 1. The van der Waals surface area contributed by atoms with Crippen LogP contribution in [0.4, 0.5) is 0 Å². The molecule has 0 aromatic rings. The molecule has 0 unspecified atom stereocenters. The second kappa shape index (κ2) is 8.35. The molecule has 0 bridgehead atoms. The summed E-state index contributed by atoms with van der Waals surface area (Å²) in [6.07, 6.45) is 7.54. The summed E-state index contributed by atoms with van der Waals surface area (Å²) in [6.45, 7) is 5.20. The Bertz CT molecular complexity index is 244. The third-order valence-electron chi connectivity index (χ3n) is 3.52. The van der Waals surface area contributed by atoms with E-state index in [4.69, 9.17) is 10.7 Å². The van der Waals surface area contributed by atoms with Gasteiger partial charge >= 0.3 is 0 Å². The van der Waals surface area contributed by atoms with Crippen molar-refractivity contribution in [1.82, 2.24) is 9.80 Å². The lowest BCUT2D eigenvalue weighted by Crippen LogP contribution is -2.42. The van der Waals surface area contributed by atoms with E-state index in [-0.39, 0.29) is 0 Å². The molecule has 0 atom stereocenters. The average molecular weight is 254 g/mol. The largest absolute Gasteiger partial charge is 0.370 e. The zero-order chi connectivity index (χ0) is 13.4. The van der Waals surface area contributed by atoms with E-state index in [9.17, 15) is 0 Å². The molecule has 0 spiro atoms. The zero-order valence-electron chi connectivity index (χ0n) is 12.4. The van der Waals surface area contributed by atoms with Crippen molar-refractivity contribution >= 4 is 5.96 Å². The molecule has 2 N–H and O–H groups in total. The molecule has 0 radical (unpaired) electrons. The molecular formula is C14H30N4. The highest BCUT2D eigenvalue weighted by Crippen LogP contribution is 2.20. The van der Waals surface area contributed by atoms with Gasteiger partial charge < -0.3 is 15.5 Å². The van der Waals surface area contributed by atoms with E-state index in [0.717, 1.165) is 32.0 Å². The molecule has 0 saturated heterocycles. The van der Waals surface area contributed by atoms with Crippen LogP contribution in [0.25, 0.3) is 0 Å². The van der Waals surface area contributed by atoms with Crippen molar-refractivity contribution in [2.75, 3.05) is 33.7 Å². The van der Waals surface area contributed by atoms with Crippen molar-refractivity contribution < 1.29 is 0 Å². The van der Waals surface area contributed by atoms with Gasteiger partial charge in [0.1, 0.15) is 0 Å². The highest BCUT2D eigenvalue weighted by atomic mass is 15.3. The van der Waals surface area contributed by atoms with Crippen molar-refractivity contribution in [2.24, 2.45) is 10.7 Å². The van der Waals surface area contributed by atoms with Gasteiger partial charge in [0, 0.05) is 19.6 Å². The molecule has 0 aromatic heterocycles.